The van der Waals surface area contributed by atoms with E-state index in [4.69, 9.17) is 5.73 Å². The Morgan fingerprint density at radius 2 is 1.89 bits per heavy atom. The van der Waals surface area contributed by atoms with Gasteiger partial charge in [-0.15, -0.1) is 0 Å². The van der Waals surface area contributed by atoms with E-state index in [1.165, 1.54) is 0 Å². The number of carbonyl (C=O) groups excluding carboxylic acids is 2. The zero-order valence-electron chi connectivity index (χ0n) is 12.1. The van der Waals surface area contributed by atoms with Gasteiger partial charge in [0.2, 0.25) is 5.91 Å². The smallest absolute Gasteiger partial charge is 0.231 e. The summed E-state index contributed by atoms with van der Waals surface area (Å²) in [5, 5.41) is 0. The summed E-state index contributed by atoms with van der Waals surface area (Å²) < 4.78 is 0. The molecule has 0 aliphatic heterocycles. The molecule has 1 unspecified atom stereocenters. The van der Waals surface area contributed by atoms with Crippen molar-refractivity contribution in [2.45, 2.75) is 33.7 Å². The molecule has 0 bridgehead atoms. The minimum atomic E-state index is -0.415. The van der Waals surface area contributed by atoms with Crippen molar-refractivity contribution < 1.29 is 9.59 Å². The van der Waals surface area contributed by atoms with Gasteiger partial charge in [0.1, 0.15) is 0 Å². The predicted molar refractivity (Wildman–Crippen MR) is 76.1 cm³/mol. The Kier molecular flexibility index (Phi) is 5.24. The Hall–Kier alpha value is -1.68. The second kappa shape index (κ2) is 6.48. The molecular formula is C15H22N2O2. The second-order valence-corrected chi connectivity index (χ2v) is 4.87. The van der Waals surface area contributed by atoms with Gasteiger partial charge >= 0.3 is 0 Å². The Morgan fingerprint density at radius 1 is 1.26 bits per heavy atom. The first-order valence-corrected chi connectivity index (χ1v) is 6.50. The fourth-order valence-corrected chi connectivity index (χ4v) is 2.02. The highest BCUT2D eigenvalue weighted by Crippen LogP contribution is 2.14. The summed E-state index contributed by atoms with van der Waals surface area (Å²) in [5.41, 5.74) is 8.13. The van der Waals surface area contributed by atoms with E-state index in [1.807, 2.05) is 45.9 Å². The number of likely N-dealkylation sites (N-methyl/N-ethyl adjacent to an activating group) is 1. The van der Waals surface area contributed by atoms with E-state index in [9.17, 15) is 9.59 Å². The zero-order chi connectivity index (χ0) is 14.6. The van der Waals surface area contributed by atoms with Gasteiger partial charge in [0.25, 0.3) is 0 Å². The average molecular weight is 262 g/mol. The third-order valence-electron chi connectivity index (χ3n) is 3.48. The number of Topliss-reactive ketones (excluding diaryl/α,β-unsaturated/α-hetero) is 1. The van der Waals surface area contributed by atoms with Gasteiger partial charge in [-0.3, -0.25) is 14.5 Å². The van der Waals surface area contributed by atoms with Crippen LogP contribution < -0.4 is 5.73 Å². The highest BCUT2D eigenvalue weighted by molar-refractivity contribution is 6.00. The van der Waals surface area contributed by atoms with E-state index in [0.717, 1.165) is 11.1 Å². The normalized spacial score (nSPS) is 12.5. The molecule has 19 heavy (non-hydrogen) atoms. The van der Waals surface area contributed by atoms with Gasteiger partial charge in [-0.25, -0.2) is 0 Å². The molecule has 4 nitrogen and oxygen atoms in total. The third kappa shape index (κ3) is 3.89. The Morgan fingerprint density at radius 3 is 2.37 bits per heavy atom. The summed E-state index contributed by atoms with van der Waals surface area (Å²) in [6.45, 7) is 8.43. The lowest BCUT2D eigenvalue weighted by Gasteiger charge is -2.25. The highest BCUT2D eigenvalue weighted by Gasteiger charge is 2.22. The lowest BCUT2D eigenvalue weighted by atomic mass is 9.99. The van der Waals surface area contributed by atoms with Crippen LogP contribution in [-0.4, -0.2) is 35.7 Å². The van der Waals surface area contributed by atoms with Gasteiger partial charge in [-0.05, 0) is 44.5 Å². The second-order valence-electron chi connectivity index (χ2n) is 4.87. The Labute approximate surface area is 114 Å². The van der Waals surface area contributed by atoms with Crippen LogP contribution in [0.1, 0.15) is 35.3 Å². The van der Waals surface area contributed by atoms with Crippen molar-refractivity contribution in [3.63, 3.8) is 0 Å². The average Bonchev–Trinajstić information content (AvgIpc) is 2.37. The number of hydrogen-bond acceptors (Lipinski definition) is 3. The summed E-state index contributed by atoms with van der Waals surface area (Å²) in [5.74, 6) is -0.396. The summed E-state index contributed by atoms with van der Waals surface area (Å²) in [6.07, 6.45) is 0. The molecule has 1 rings (SSSR count). The van der Waals surface area contributed by atoms with Crippen LogP contribution in [-0.2, 0) is 4.79 Å². The third-order valence-corrected chi connectivity index (χ3v) is 3.48. The summed E-state index contributed by atoms with van der Waals surface area (Å²) in [4.78, 5) is 25.2. The van der Waals surface area contributed by atoms with Crippen molar-refractivity contribution in [1.29, 1.82) is 0 Å². The minimum Gasteiger partial charge on any atom is -0.369 e. The molecule has 0 radical (unpaired) electrons. The number of hydrogen-bond donors (Lipinski definition) is 1. The largest absolute Gasteiger partial charge is 0.369 e. The molecule has 0 aliphatic carbocycles. The summed E-state index contributed by atoms with van der Waals surface area (Å²) in [7, 11) is 0. The number of carbonyl (C=O) groups is 2. The molecule has 0 aromatic heterocycles. The molecule has 1 aromatic rings. The fourth-order valence-electron chi connectivity index (χ4n) is 2.02. The van der Waals surface area contributed by atoms with Gasteiger partial charge in [-0.1, -0.05) is 19.1 Å². The molecule has 1 atom stereocenters. The molecule has 0 saturated heterocycles. The Bertz CT molecular complexity index is 483. The van der Waals surface area contributed by atoms with Crippen LogP contribution in [0.2, 0.25) is 0 Å². The molecule has 0 heterocycles. The van der Waals surface area contributed by atoms with Crippen molar-refractivity contribution >= 4 is 11.7 Å². The van der Waals surface area contributed by atoms with Gasteiger partial charge in [0.15, 0.2) is 5.78 Å². The van der Waals surface area contributed by atoms with E-state index in [1.54, 1.807) is 4.90 Å². The quantitative estimate of drug-likeness (QED) is 0.793. The van der Waals surface area contributed by atoms with Gasteiger partial charge in [0.05, 0.1) is 12.6 Å². The van der Waals surface area contributed by atoms with E-state index < -0.39 is 5.91 Å². The highest BCUT2D eigenvalue weighted by atomic mass is 16.1. The zero-order valence-corrected chi connectivity index (χ0v) is 12.1. The van der Waals surface area contributed by atoms with Crippen molar-refractivity contribution in [2.24, 2.45) is 5.73 Å². The number of amides is 1. The number of nitrogens with zero attached hydrogens (tertiary/aromatic N) is 1. The molecule has 0 spiro atoms. The molecule has 4 heteroatoms. The number of nitrogens with two attached hydrogens (primary N) is 1. The topological polar surface area (TPSA) is 63.4 Å². The molecule has 104 valence electrons. The molecule has 1 aromatic carbocycles. The van der Waals surface area contributed by atoms with Crippen molar-refractivity contribution in [1.82, 2.24) is 4.90 Å². The van der Waals surface area contributed by atoms with Crippen LogP contribution in [0.3, 0.4) is 0 Å². The lowest BCUT2D eigenvalue weighted by molar-refractivity contribution is -0.119. The van der Waals surface area contributed by atoms with Crippen LogP contribution in [0, 0.1) is 13.8 Å². The maximum atomic E-state index is 12.4. The maximum absolute atomic E-state index is 12.4. The van der Waals surface area contributed by atoms with Crippen LogP contribution in [0.15, 0.2) is 18.2 Å². The summed E-state index contributed by atoms with van der Waals surface area (Å²) >= 11 is 0. The first kappa shape index (κ1) is 15.4. The van der Waals surface area contributed by atoms with Gasteiger partial charge in [0, 0.05) is 5.56 Å². The summed E-state index contributed by atoms with van der Waals surface area (Å²) in [6, 6.07) is 5.32. The monoisotopic (exact) mass is 262 g/mol. The van der Waals surface area contributed by atoms with Crippen LogP contribution >= 0.6 is 0 Å². The van der Waals surface area contributed by atoms with Crippen molar-refractivity contribution in [2.75, 3.05) is 13.1 Å². The molecular weight excluding hydrogens is 240 g/mol. The first-order valence-electron chi connectivity index (χ1n) is 6.50. The van der Waals surface area contributed by atoms with E-state index in [-0.39, 0.29) is 18.4 Å². The molecule has 0 aliphatic rings. The van der Waals surface area contributed by atoms with E-state index >= 15 is 0 Å². The van der Waals surface area contributed by atoms with Gasteiger partial charge < -0.3 is 5.73 Å². The number of benzene rings is 1. The number of rotatable bonds is 6. The van der Waals surface area contributed by atoms with Crippen molar-refractivity contribution in [3.8, 4) is 0 Å². The SMILES string of the molecule is CCN(CC(N)=O)C(C)C(=O)c1ccc(C)c(C)c1. The van der Waals surface area contributed by atoms with Gasteiger partial charge in [-0.2, -0.15) is 0 Å². The minimum absolute atomic E-state index is 0.0196. The molecule has 0 saturated carbocycles. The van der Waals surface area contributed by atoms with Crippen LogP contribution in [0.25, 0.3) is 0 Å². The lowest BCUT2D eigenvalue weighted by Crippen LogP contribution is -2.43. The molecule has 1 amide bonds. The van der Waals surface area contributed by atoms with E-state index in [2.05, 4.69) is 0 Å². The Balaban J connectivity index is 2.91. The van der Waals surface area contributed by atoms with Crippen LogP contribution in [0.5, 0.6) is 0 Å². The number of ketones is 1. The van der Waals surface area contributed by atoms with Crippen molar-refractivity contribution in [3.05, 3.63) is 34.9 Å². The fraction of sp³-hybridized carbons (Fsp3) is 0.467. The van der Waals surface area contributed by atoms with Crippen LogP contribution in [0.4, 0.5) is 0 Å². The molecule has 0 fully saturated rings. The molecule has 2 N–H and O–H groups in total. The number of aryl methyl sites for hydroxylation is 2. The predicted octanol–water partition coefficient (Wildman–Crippen LogP) is 1.68. The first-order chi connectivity index (χ1) is 8.86. The maximum Gasteiger partial charge on any atom is 0.231 e. The number of primary amides is 1. The van der Waals surface area contributed by atoms with E-state index in [0.29, 0.717) is 12.1 Å². The standard InChI is InChI=1S/C15H22N2O2/c1-5-17(9-14(16)18)12(4)15(19)13-7-6-10(2)11(3)8-13/h6-8,12H,5,9H2,1-4H3,(H2,16,18).